The van der Waals surface area contributed by atoms with E-state index in [1.165, 1.54) is 0 Å². The molecule has 112 valence electrons. The Morgan fingerprint density at radius 3 is 2.95 bits per heavy atom. The second-order valence-corrected chi connectivity index (χ2v) is 5.91. The van der Waals surface area contributed by atoms with E-state index in [2.05, 4.69) is 4.98 Å². The van der Waals surface area contributed by atoms with Crippen molar-refractivity contribution in [3.8, 4) is 0 Å². The standard InChI is InChI=1S/C16H21N3O2/c1-11(20)8-10-18(2)16(21)14-13-5-3-4-9-19(13)15(17-14)12-6-7-12/h3-5,9,11-12,20H,6-8,10H2,1-2H3. The maximum absolute atomic E-state index is 12.6. The molecular formula is C16H21N3O2. The molecule has 0 spiro atoms. The number of aliphatic hydroxyl groups excluding tert-OH is 1. The molecule has 2 aromatic heterocycles. The lowest BCUT2D eigenvalue weighted by molar-refractivity contribution is 0.0765. The molecule has 1 aliphatic carbocycles. The van der Waals surface area contributed by atoms with Crippen LogP contribution in [0.4, 0.5) is 0 Å². The summed E-state index contributed by atoms with van der Waals surface area (Å²) < 4.78 is 2.04. The summed E-state index contributed by atoms with van der Waals surface area (Å²) in [7, 11) is 1.76. The molecule has 1 fully saturated rings. The van der Waals surface area contributed by atoms with E-state index in [4.69, 9.17) is 0 Å². The van der Waals surface area contributed by atoms with E-state index in [9.17, 15) is 9.90 Å². The number of imidazole rings is 1. The van der Waals surface area contributed by atoms with Gasteiger partial charge in [-0.2, -0.15) is 0 Å². The number of carbonyl (C=O) groups is 1. The van der Waals surface area contributed by atoms with Crippen molar-refractivity contribution in [3.05, 3.63) is 35.9 Å². The molecule has 0 bridgehead atoms. The third kappa shape index (κ3) is 2.78. The predicted molar refractivity (Wildman–Crippen MR) is 80.4 cm³/mol. The van der Waals surface area contributed by atoms with Gasteiger partial charge < -0.3 is 14.4 Å². The summed E-state index contributed by atoms with van der Waals surface area (Å²) in [6, 6.07) is 5.83. The third-order valence-electron chi connectivity index (χ3n) is 3.95. The largest absolute Gasteiger partial charge is 0.393 e. The Balaban J connectivity index is 1.91. The van der Waals surface area contributed by atoms with Gasteiger partial charge in [0.15, 0.2) is 5.69 Å². The third-order valence-corrected chi connectivity index (χ3v) is 3.95. The SMILES string of the molecule is CC(O)CCN(C)C(=O)c1nc(C2CC2)n2ccccc12. The lowest BCUT2D eigenvalue weighted by Gasteiger charge is -2.16. The Kier molecular flexibility index (Phi) is 3.68. The average Bonchev–Trinajstić information content (AvgIpc) is 3.25. The summed E-state index contributed by atoms with van der Waals surface area (Å²) in [6.07, 6.45) is 4.45. The molecule has 0 aliphatic heterocycles. The summed E-state index contributed by atoms with van der Waals surface area (Å²) in [5, 5.41) is 9.35. The summed E-state index contributed by atoms with van der Waals surface area (Å²) in [5.41, 5.74) is 1.39. The highest BCUT2D eigenvalue weighted by atomic mass is 16.3. The number of aromatic nitrogens is 2. The van der Waals surface area contributed by atoms with Crippen molar-refractivity contribution in [2.24, 2.45) is 0 Å². The van der Waals surface area contributed by atoms with E-state index in [0.29, 0.717) is 24.6 Å². The highest BCUT2D eigenvalue weighted by molar-refractivity contribution is 5.99. The number of hydrogen-bond acceptors (Lipinski definition) is 3. The molecule has 1 aliphatic rings. The van der Waals surface area contributed by atoms with Gasteiger partial charge in [-0.25, -0.2) is 4.98 Å². The van der Waals surface area contributed by atoms with E-state index in [0.717, 1.165) is 24.2 Å². The van der Waals surface area contributed by atoms with Crippen LogP contribution in [-0.4, -0.2) is 45.0 Å². The fourth-order valence-corrected chi connectivity index (χ4v) is 2.51. The Labute approximate surface area is 124 Å². The number of carbonyl (C=O) groups excluding carboxylic acids is 1. The van der Waals surface area contributed by atoms with E-state index >= 15 is 0 Å². The van der Waals surface area contributed by atoms with Crippen LogP contribution in [-0.2, 0) is 0 Å². The van der Waals surface area contributed by atoms with Crippen LogP contribution in [0.2, 0.25) is 0 Å². The van der Waals surface area contributed by atoms with E-state index < -0.39 is 6.10 Å². The molecule has 0 radical (unpaired) electrons. The molecule has 2 heterocycles. The van der Waals surface area contributed by atoms with Gasteiger partial charge in [0.2, 0.25) is 0 Å². The Hall–Kier alpha value is -1.88. The number of aliphatic hydroxyl groups is 1. The van der Waals surface area contributed by atoms with Crippen molar-refractivity contribution in [1.29, 1.82) is 0 Å². The first-order chi connectivity index (χ1) is 10.1. The fourth-order valence-electron chi connectivity index (χ4n) is 2.51. The summed E-state index contributed by atoms with van der Waals surface area (Å²) in [6.45, 7) is 2.26. The molecule has 1 N–H and O–H groups in total. The second kappa shape index (κ2) is 5.48. The maximum Gasteiger partial charge on any atom is 0.274 e. The number of hydrogen-bond donors (Lipinski definition) is 1. The molecule has 0 saturated heterocycles. The smallest absolute Gasteiger partial charge is 0.274 e. The van der Waals surface area contributed by atoms with E-state index in [-0.39, 0.29) is 5.91 Å². The van der Waals surface area contributed by atoms with Gasteiger partial charge in [0.05, 0.1) is 11.6 Å². The highest BCUT2D eigenvalue weighted by Gasteiger charge is 2.31. The quantitative estimate of drug-likeness (QED) is 0.915. The zero-order valence-electron chi connectivity index (χ0n) is 12.5. The van der Waals surface area contributed by atoms with Crippen molar-refractivity contribution in [3.63, 3.8) is 0 Å². The Morgan fingerprint density at radius 1 is 1.52 bits per heavy atom. The summed E-state index contributed by atoms with van der Waals surface area (Å²) in [5.74, 6) is 1.41. The first-order valence-electron chi connectivity index (χ1n) is 7.48. The maximum atomic E-state index is 12.6. The van der Waals surface area contributed by atoms with Gasteiger partial charge in [0.1, 0.15) is 5.82 Å². The van der Waals surface area contributed by atoms with Crippen LogP contribution in [0, 0.1) is 0 Å². The molecule has 1 amide bonds. The molecule has 1 saturated carbocycles. The summed E-state index contributed by atoms with van der Waals surface area (Å²) in [4.78, 5) is 18.8. The van der Waals surface area contributed by atoms with Crippen LogP contribution in [0.25, 0.3) is 5.52 Å². The zero-order valence-corrected chi connectivity index (χ0v) is 12.5. The lowest BCUT2D eigenvalue weighted by Crippen LogP contribution is -2.29. The van der Waals surface area contributed by atoms with Crippen LogP contribution < -0.4 is 0 Å². The minimum Gasteiger partial charge on any atom is -0.393 e. The van der Waals surface area contributed by atoms with E-state index in [1.54, 1.807) is 18.9 Å². The summed E-state index contributed by atoms with van der Waals surface area (Å²) >= 11 is 0. The number of pyridine rings is 1. The van der Waals surface area contributed by atoms with Gasteiger partial charge in [-0.05, 0) is 38.3 Å². The lowest BCUT2D eigenvalue weighted by atomic mass is 10.2. The topological polar surface area (TPSA) is 57.8 Å². The molecule has 2 aromatic rings. The number of amides is 1. The van der Waals surface area contributed by atoms with E-state index in [1.807, 2.05) is 28.8 Å². The van der Waals surface area contributed by atoms with Gasteiger partial charge in [-0.15, -0.1) is 0 Å². The molecule has 1 atom stereocenters. The van der Waals surface area contributed by atoms with Crippen molar-refractivity contribution < 1.29 is 9.90 Å². The zero-order chi connectivity index (χ0) is 15.0. The van der Waals surface area contributed by atoms with Gasteiger partial charge in [0.25, 0.3) is 5.91 Å². The second-order valence-electron chi connectivity index (χ2n) is 5.91. The number of fused-ring (bicyclic) bond motifs is 1. The van der Waals surface area contributed by atoms with Crippen LogP contribution in [0.15, 0.2) is 24.4 Å². The van der Waals surface area contributed by atoms with Crippen molar-refractivity contribution in [2.45, 2.75) is 38.2 Å². The molecule has 5 nitrogen and oxygen atoms in total. The molecule has 5 heteroatoms. The fraction of sp³-hybridized carbons (Fsp3) is 0.500. The Bertz CT molecular complexity index is 659. The van der Waals surface area contributed by atoms with Crippen LogP contribution in [0.3, 0.4) is 0 Å². The normalized spacial score (nSPS) is 16.1. The molecule has 1 unspecified atom stereocenters. The molecule has 3 rings (SSSR count). The van der Waals surface area contributed by atoms with Crippen LogP contribution in [0.5, 0.6) is 0 Å². The van der Waals surface area contributed by atoms with Crippen molar-refractivity contribution >= 4 is 11.4 Å². The molecule has 21 heavy (non-hydrogen) atoms. The van der Waals surface area contributed by atoms with Gasteiger partial charge in [-0.3, -0.25) is 4.79 Å². The molecular weight excluding hydrogens is 266 g/mol. The predicted octanol–water partition coefficient (Wildman–Crippen LogP) is 2.05. The molecule has 0 aromatic carbocycles. The monoisotopic (exact) mass is 287 g/mol. The van der Waals surface area contributed by atoms with Crippen LogP contribution >= 0.6 is 0 Å². The first kappa shape index (κ1) is 14.1. The minimum atomic E-state index is -0.402. The van der Waals surface area contributed by atoms with Gasteiger partial charge in [-0.1, -0.05) is 6.07 Å². The van der Waals surface area contributed by atoms with Gasteiger partial charge in [0, 0.05) is 25.7 Å². The number of rotatable bonds is 5. The van der Waals surface area contributed by atoms with Crippen molar-refractivity contribution in [2.75, 3.05) is 13.6 Å². The first-order valence-corrected chi connectivity index (χ1v) is 7.48. The minimum absolute atomic E-state index is 0.0775. The van der Waals surface area contributed by atoms with Crippen molar-refractivity contribution in [1.82, 2.24) is 14.3 Å². The Morgan fingerprint density at radius 2 is 2.29 bits per heavy atom. The number of nitrogens with zero attached hydrogens (tertiary/aromatic N) is 3. The highest BCUT2D eigenvalue weighted by Crippen LogP contribution is 2.40. The van der Waals surface area contributed by atoms with Crippen LogP contribution in [0.1, 0.15) is 48.4 Å². The van der Waals surface area contributed by atoms with Gasteiger partial charge >= 0.3 is 0 Å². The average molecular weight is 287 g/mol.